The maximum absolute atomic E-state index is 13.4. The molecule has 2 aromatic carbocycles. The zero-order chi connectivity index (χ0) is 21.1. The van der Waals surface area contributed by atoms with Gasteiger partial charge in [-0.15, -0.1) is 0 Å². The molecule has 154 valence electrons. The van der Waals surface area contributed by atoms with Crippen LogP contribution in [-0.4, -0.2) is 44.8 Å². The first-order chi connectivity index (χ1) is 14.5. The van der Waals surface area contributed by atoms with Crippen LogP contribution in [0.5, 0.6) is 0 Å². The number of nitrogens with zero attached hydrogens (tertiary/aromatic N) is 3. The molecule has 1 aliphatic rings. The van der Waals surface area contributed by atoms with Crippen LogP contribution in [0.1, 0.15) is 30.1 Å². The van der Waals surface area contributed by atoms with Gasteiger partial charge in [-0.25, -0.2) is 4.68 Å². The highest BCUT2D eigenvalue weighted by molar-refractivity contribution is 6.00. The number of hydrogen-bond acceptors (Lipinski definition) is 3. The fraction of sp³-hybridized carbons (Fsp3) is 0.292. The van der Waals surface area contributed by atoms with Crippen LogP contribution in [0.25, 0.3) is 16.9 Å². The average molecular weight is 403 g/mol. The summed E-state index contributed by atoms with van der Waals surface area (Å²) >= 11 is 0. The van der Waals surface area contributed by atoms with Gasteiger partial charge in [-0.05, 0) is 30.9 Å². The minimum atomic E-state index is -0.768. The molecule has 1 aliphatic heterocycles. The lowest BCUT2D eigenvalue weighted by Crippen LogP contribution is -2.40. The quantitative estimate of drug-likeness (QED) is 0.696. The van der Waals surface area contributed by atoms with Crippen molar-refractivity contribution in [3.8, 4) is 16.9 Å². The summed E-state index contributed by atoms with van der Waals surface area (Å²) in [6.07, 6.45) is 3.20. The van der Waals surface area contributed by atoms with Gasteiger partial charge >= 0.3 is 5.97 Å². The van der Waals surface area contributed by atoms with Gasteiger partial charge in [0.05, 0.1) is 17.2 Å². The molecule has 6 nitrogen and oxygen atoms in total. The largest absolute Gasteiger partial charge is 0.481 e. The second-order valence-electron chi connectivity index (χ2n) is 7.79. The normalized spacial score (nSPS) is 15.7. The molecule has 30 heavy (non-hydrogen) atoms. The Labute approximate surface area is 175 Å². The van der Waals surface area contributed by atoms with Crippen molar-refractivity contribution in [1.29, 1.82) is 0 Å². The molecule has 2 heterocycles. The third-order valence-corrected chi connectivity index (χ3v) is 5.94. The maximum atomic E-state index is 13.4. The van der Waals surface area contributed by atoms with Crippen molar-refractivity contribution in [1.82, 2.24) is 14.7 Å². The Hall–Kier alpha value is -3.41. The van der Waals surface area contributed by atoms with E-state index in [1.807, 2.05) is 65.6 Å². The van der Waals surface area contributed by atoms with E-state index >= 15 is 0 Å². The Morgan fingerprint density at radius 1 is 1.00 bits per heavy atom. The molecular weight excluding hydrogens is 378 g/mol. The molecule has 1 N–H and O–H groups in total. The van der Waals surface area contributed by atoms with E-state index in [-0.39, 0.29) is 17.7 Å². The van der Waals surface area contributed by atoms with E-state index in [0.717, 1.165) is 11.3 Å². The van der Waals surface area contributed by atoms with Gasteiger partial charge < -0.3 is 10.0 Å². The second-order valence-corrected chi connectivity index (χ2v) is 7.79. The van der Waals surface area contributed by atoms with Gasteiger partial charge in [0.2, 0.25) is 0 Å². The lowest BCUT2D eigenvalue weighted by molar-refractivity contribution is -0.143. The van der Waals surface area contributed by atoms with Crippen molar-refractivity contribution in [2.24, 2.45) is 11.8 Å². The molecule has 4 rings (SSSR count). The molecule has 3 aromatic rings. The molecule has 1 atom stereocenters. The minimum absolute atomic E-state index is 0.0579. The van der Waals surface area contributed by atoms with Gasteiger partial charge in [0, 0.05) is 24.8 Å². The first kappa shape index (κ1) is 19.9. The maximum Gasteiger partial charge on any atom is 0.306 e. The molecular formula is C24H25N3O3. The first-order valence-electron chi connectivity index (χ1n) is 10.3. The lowest BCUT2D eigenvalue weighted by Gasteiger charge is -2.33. The number of amides is 1. The van der Waals surface area contributed by atoms with Gasteiger partial charge in [-0.3, -0.25) is 9.59 Å². The molecule has 1 saturated heterocycles. The summed E-state index contributed by atoms with van der Waals surface area (Å²) in [4.78, 5) is 26.5. The average Bonchev–Trinajstić information content (AvgIpc) is 3.25. The third kappa shape index (κ3) is 3.99. The molecule has 1 fully saturated rings. The topological polar surface area (TPSA) is 75.4 Å². The highest BCUT2D eigenvalue weighted by atomic mass is 16.4. The van der Waals surface area contributed by atoms with E-state index in [9.17, 15) is 14.7 Å². The van der Waals surface area contributed by atoms with Crippen LogP contribution in [0.4, 0.5) is 0 Å². The Kier molecular flexibility index (Phi) is 5.65. The molecule has 0 spiro atoms. The van der Waals surface area contributed by atoms with Crippen molar-refractivity contribution in [2.45, 2.75) is 19.8 Å². The fourth-order valence-corrected chi connectivity index (χ4v) is 4.03. The summed E-state index contributed by atoms with van der Waals surface area (Å²) in [5.74, 6) is -1.11. The second kappa shape index (κ2) is 8.53. The van der Waals surface area contributed by atoms with Crippen molar-refractivity contribution in [3.63, 3.8) is 0 Å². The van der Waals surface area contributed by atoms with Crippen LogP contribution in [0, 0.1) is 11.8 Å². The molecule has 1 amide bonds. The number of carbonyl (C=O) groups is 2. The molecule has 6 heteroatoms. The SMILES string of the molecule is C[C@H](C(=O)O)C1CCN(C(=O)c2cn(-c3ccccc3)nc2-c2ccccc2)CC1. The number of aromatic nitrogens is 2. The summed E-state index contributed by atoms with van der Waals surface area (Å²) in [7, 11) is 0. The highest BCUT2D eigenvalue weighted by Crippen LogP contribution is 2.29. The predicted octanol–water partition coefficient (Wildman–Crippen LogP) is 4.11. The van der Waals surface area contributed by atoms with Crippen molar-refractivity contribution in [2.75, 3.05) is 13.1 Å². The number of rotatable bonds is 5. The number of para-hydroxylation sites is 1. The number of carboxylic acids is 1. The smallest absolute Gasteiger partial charge is 0.306 e. The van der Waals surface area contributed by atoms with Gasteiger partial charge in [0.25, 0.3) is 5.91 Å². The number of carbonyl (C=O) groups excluding carboxylic acids is 1. The number of carboxylic acid groups (broad SMARTS) is 1. The summed E-state index contributed by atoms with van der Waals surface area (Å²) in [6, 6.07) is 19.4. The Balaban J connectivity index is 1.62. The van der Waals surface area contributed by atoms with E-state index in [1.54, 1.807) is 17.8 Å². The van der Waals surface area contributed by atoms with Crippen molar-refractivity contribution in [3.05, 3.63) is 72.4 Å². The molecule has 0 bridgehead atoms. The monoisotopic (exact) mass is 403 g/mol. The van der Waals surface area contributed by atoms with E-state index in [2.05, 4.69) is 0 Å². The van der Waals surface area contributed by atoms with Crippen LogP contribution in [0.2, 0.25) is 0 Å². The van der Waals surface area contributed by atoms with Gasteiger partial charge in [0.1, 0.15) is 5.69 Å². The fourth-order valence-electron chi connectivity index (χ4n) is 4.03. The predicted molar refractivity (Wildman–Crippen MR) is 114 cm³/mol. The Bertz CT molecular complexity index is 1020. The zero-order valence-electron chi connectivity index (χ0n) is 16.9. The van der Waals surface area contributed by atoms with Crippen LogP contribution in [-0.2, 0) is 4.79 Å². The summed E-state index contributed by atoms with van der Waals surface area (Å²) < 4.78 is 1.74. The van der Waals surface area contributed by atoms with Gasteiger partial charge in [0.15, 0.2) is 0 Å². The van der Waals surface area contributed by atoms with E-state index in [4.69, 9.17) is 5.10 Å². The Morgan fingerprint density at radius 2 is 1.60 bits per heavy atom. The third-order valence-electron chi connectivity index (χ3n) is 5.94. The first-order valence-corrected chi connectivity index (χ1v) is 10.3. The lowest BCUT2D eigenvalue weighted by atomic mass is 9.85. The van der Waals surface area contributed by atoms with E-state index < -0.39 is 5.97 Å². The van der Waals surface area contributed by atoms with Crippen LogP contribution in [0.15, 0.2) is 66.9 Å². The molecule has 0 unspecified atom stereocenters. The highest BCUT2D eigenvalue weighted by Gasteiger charge is 2.31. The number of likely N-dealkylation sites (tertiary alicyclic amines) is 1. The summed E-state index contributed by atoms with van der Waals surface area (Å²) in [5.41, 5.74) is 3.01. The van der Waals surface area contributed by atoms with E-state index in [0.29, 0.717) is 37.2 Å². The van der Waals surface area contributed by atoms with E-state index in [1.165, 1.54) is 0 Å². The number of benzene rings is 2. The van der Waals surface area contributed by atoms with Crippen LogP contribution in [0.3, 0.4) is 0 Å². The summed E-state index contributed by atoms with van der Waals surface area (Å²) in [6.45, 7) is 2.87. The zero-order valence-corrected chi connectivity index (χ0v) is 16.9. The molecule has 0 radical (unpaired) electrons. The van der Waals surface area contributed by atoms with Crippen molar-refractivity contribution >= 4 is 11.9 Å². The number of piperidine rings is 1. The Morgan fingerprint density at radius 3 is 2.20 bits per heavy atom. The molecule has 1 aromatic heterocycles. The molecule has 0 saturated carbocycles. The molecule has 0 aliphatic carbocycles. The number of aliphatic carboxylic acids is 1. The summed E-state index contributed by atoms with van der Waals surface area (Å²) in [5, 5.41) is 14.0. The number of hydrogen-bond donors (Lipinski definition) is 1. The van der Waals surface area contributed by atoms with Crippen molar-refractivity contribution < 1.29 is 14.7 Å². The van der Waals surface area contributed by atoms with Crippen LogP contribution >= 0.6 is 0 Å². The minimum Gasteiger partial charge on any atom is -0.481 e. The van der Waals surface area contributed by atoms with Crippen LogP contribution < -0.4 is 0 Å². The standard InChI is InChI=1S/C24H25N3O3/c1-17(24(29)30)18-12-14-26(15-13-18)23(28)21-16-27(20-10-6-3-7-11-20)25-22(21)19-8-4-2-5-9-19/h2-11,16-18H,12-15H2,1H3,(H,29,30)/t17-/m0/s1. The van der Waals surface area contributed by atoms with Gasteiger partial charge in [-0.2, -0.15) is 5.10 Å². The van der Waals surface area contributed by atoms with Gasteiger partial charge in [-0.1, -0.05) is 55.5 Å².